The highest BCUT2D eigenvalue weighted by molar-refractivity contribution is 6.31. The fraction of sp³-hybridized carbons (Fsp3) is 0.379. The molecule has 202 valence electrons. The first-order valence-corrected chi connectivity index (χ1v) is 13.5. The van der Waals surface area contributed by atoms with Crippen LogP contribution in [0, 0.1) is 5.82 Å². The van der Waals surface area contributed by atoms with Crippen LogP contribution < -0.4 is 22.5 Å². The molecule has 4 aromatic rings. The summed E-state index contributed by atoms with van der Waals surface area (Å²) in [5, 5.41) is 4.21. The molecule has 6 N–H and O–H groups in total. The van der Waals surface area contributed by atoms with Crippen molar-refractivity contribution in [2.24, 2.45) is 11.5 Å². The molecule has 3 atom stereocenters. The largest absolute Gasteiger partial charge is 0.354 e. The second kappa shape index (κ2) is 12.2. The summed E-state index contributed by atoms with van der Waals surface area (Å²) < 4.78 is 16.5. The summed E-state index contributed by atoms with van der Waals surface area (Å²) in [6, 6.07) is 13.4. The molecule has 0 bridgehead atoms. The number of aromatic amines is 1. The van der Waals surface area contributed by atoms with Crippen LogP contribution in [0.4, 0.5) is 4.39 Å². The van der Waals surface area contributed by atoms with Gasteiger partial charge in [0.2, 0.25) is 0 Å². The molecule has 2 heterocycles. The number of rotatable bonds is 11. The van der Waals surface area contributed by atoms with Crippen molar-refractivity contribution in [1.29, 1.82) is 0 Å². The van der Waals surface area contributed by atoms with Gasteiger partial charge in [-0.3, -0.25) is 4.57 Å². The van der Waals surface area contributed by atoms with E-state index in [-0.39, 0.29) is 23.1 Å². The van der Waals surface area contributed by atoms with Gasteiger partial charge in [-0.1, -0.05) is 23.7 Å². The lowest BCUT2D eigenvalue weighted by Crippen LogP contribution is -2.26. The van der Waals surface area contributed by atoms with Crippen LogP contribution in [0.3, 0.4) is 0 Å². The Morgan fingerprint density at radius 2 is 1.79 bits per heavy atom. The molecule has 2 aromatic carbocycles. The molecule has 2 aromatic heterocycles. The SMILES string of the molecule is C[C@H](N)CCCc1cc(Cl)c(F)c(-c2cc3cn(-c4ccc([C@H](C)NCC[C@H](C)N)cc4)c(=O)nc3[nH]2)c1. The van der Waals surface area contributed by atoms with E-state index in [2.05, 4.69) is 22.2 Å². The van der Waals surface area contributed by atoms with Gasteiger partial charge in [0.15, 0.2) is 5.82 Å². The molecule has 0 saturated heterocycles. The number of nitrogens with two attached hydrogens (primary N) is 2. The summed E-state index contributed by atoms with van der Waals surface area (Å²) in [5.74, 6) is -0.511. The van der Waals surface area contributed by atoms with E-state index in [4.69, 9.17) is 23.1 Å². The maximum Gasteiger partial charge on any atom is 0.354 e. The van der Waals surface area contributed by atoms with Gasteiger partial charge in [-0.25, -0.2) is 9.18 Å². The van der Waals surface area contributed by atoms with Gasteiger partial charge in [-0.05, 0) is 94.5 Å². The van der Waals surface area contributed by atoms with E-state index in [9.17, 15) is 4.79 Å². The predicted octanol–water partition coefficient (Wildman–Crippen LogP) is 5.23. The summed E-state index contributed by atoms with van der Waals surface area (Å²) in [5.41, 5.74) is 15.2. The van der Waals surface area contributed by atoms with Crippen LogP contribution in [0.2, 0.25) is 5.02 Å². The fourth-order valence-corrected chi connectivity index (χ4v) is 4.75. The van der Waals surface area contributed by atoms with Crippen molar-refractivity contribution in [3.63, 3.8) is 0 Å². The zero-order valence-corrected chi connectivity index (χ0v) is 22.9. The molecule has 0 aliphatic carbocycles. The van der Waals surface area contributed by atoms with Crippen molar-refractivity contribution in [3.05, 3.63) is 81.1 Å². The van der Waals surface area contributed by atoms with Gasteiger partial charge < -0.3 is 21.8 Å². The Hall–Kier alpha value is -3.04. The molecule has 0 aliphatic rings. The van der Waals surface area contributed by atoms with Gasteiger partial charge in [0.1, 0.15) is 5.65 Å². The summed E-state index contributed by atoms with van der Waals surface area (Å²) in [6.45, 7) is 6.88. The van der Waals surface area contributed by atoms with Crippen molar-refractivity contribution >= 4 is 22.6 Å². The first kappa shape index (κ1) is 28.0. The normalized spacial score (nSPS) is 14.1. The number of H-pyrrole nitrogens is 1. The second-order valence-electron chi connectivity index (χ2n) is 10.2. The Labute approximate surface area is 227 Å². The van der Waals surface area contributed by atoms with Crippen molar-refractivity contribution in [3.8, 4) is 16.9 Å². The van der Waals surface area contributed by atoms with Gasteiger partial charge in [0, 0.05) is 35.3 Å². The number of halogens is 2. The third-order valence-electron chi connectivity index (χ3n) is 6.73. The van der Waals surface area contributed by atoms with Crippen LogP contribution in [0.5, 0.6) is 0 Å². The number of nitrogens with zero attached hydrogens (tertiary/aromatic N) is 2. The van der Waals surface area contributed by atoms with Crippen molar-refractivity contribution in [1.82, 2.24) is 19.9 Å². The number of aryl methyl sites for hydroxylation is 1. The standard InChI is InChI=1S/C29H36ClFN6O/c1-17(32)5-4-6-20-13-24(27(31)25(30)14-20)26-15-22-16-37(29(38)36-28(22)35-26)23-9-7-21(8-10-23)19(3)34-12-11-18(2)33/h7-10,13-19,34H,4-6,11-12,32-33H2,1-3H3,(H,35,36,38)/t17-,18-,19-/m0/s1. The number of benzene rings is 2. The van der Waals surface area contributed by atoms with E-state index in [0.29, 0.717) is 28.0 Å². The van der Waals surface area contributed by atoms with E-state index in [0.717, 1.165) is 43.4 Å². The highest BCUT2D eigenvalue weighted by atomic mass is 35.5. The minimum Gasteiger partial charge on any atom is -0.339 e. The van der Waals surface area contributed by atoms with Gasteiger partial charge in [0.25, 0.3) is 0 Å². The summed E-state index contributed by atoms with van der Waals surface area (Å²) in [6.07, 6.45) is 5.12. The van der Waals surface area contributed by atoms with Crippen LogP contribution in [0.25, 0.3) is 28.0 Å². The van der Waals surface area contributed by atoms with Crippen LogP contribution in [0.1, 0.15) is 57.2 Å². The molecular formula is C29H36ClFN6O. The zero-order chi connectivity index (χ0) is 27.4. The van der Waals surface area contributed by atoms with E-state index in [1.807, 2.05) is 38.1 Å². The Bertz CT molecular complexity index is 1440. The van der Waals surface area contributed by atoms with E-state index in [1.54, 1.807) is 24.4 Å². The molecule has 38 heavy (non-hydrogen) atoms. The summed E-state index contributed by atoms with van der Waals surface area (Å²) in [7, 11) is 0. The first-order chi connectivity index (χ1) is 18.1. The third-order valence-corrected chi connectivity index (χ3v) is 7.01. The van der Waals surface area contributed by atoms with Gasteiger partial charge in [-0.2, -0.15) is 4.98 Å². The maximum absolute atomic E-state index is 15.0. The molecular weight excluding hydrogens is 503 g/mol. The number of fused-ring (bicyclic) bond motifs is 1. The zero-order valence-electron chi connectivity index (χ0n) is 22.1. The van der Waals surface area contributed by atoms with Crippen LogP contribution in [0.15, 0.2) is 53.5 Å². The monoisotopic (exact) mass is 538 g/mol. The second-order valence-corrected chi connectivity index (χ2v) is 10.6. The van der Waals surface area contributed by atoms with Gasteiger partial charge >= 0.3 is 5.69 Å². The average molecular weight is 539 g/mol. The molecule has 0 fully saturated rings. The Balaban J connectivity index is 1.59. The lowest BCUT2D eigenvalue weighted by atomic mass is 10.0. The Kier molecular flexibility index (Phi) is 8.99. The number of hydrogen-bond acceptors (Lipinski definition) is 5. The number of hydrogen-bond donors (Lipinski definition) is 4. The fourth-order valence-electron chi connectivity index (χ4n) is 4.51. The molecule has 4 rings (SSSR count). The third kappa shape index (κ3) is 6.69. The van der Waals surface area contributed by atoms with E-state index in [1.165, 1.54) is 4.57 Å². The molecule has 7 nitrogen and oxygen atoms in total. The molecule has 0 amide bonds. The summed E-state index contributed by atoms with van der Waals surface area (Å²) in [4.78, 5) is 20.2. The Morgan fingerprint density at radius 3 is 2.47 bits per heavy atom. The highest BCUT2D eigenvalue weighted by Crippen LogP contribution is 2.31. The maximum atomic E-state index is 15.0. The van der Waals surface area contributed by atoms with Gasteiger partial charge in [-0.15, -0.1) is 0 Å². The minimum atomic E-state index is -0.511. The number of aromatic nitrogens is 3. The minimum absolute atomic E-state index is 0.0610. The quantitative estimate of drug-likeness (QED) is 0.209. The smallest absolute Gasteiger partial charge is 0.339 e. The van der Waals surface area contributed by atoms with Crippen molar-refractivity contribution in [2.45, 2.75) is 64.6 Å². The number of nitrogens with one attached hydrogen (secondary N) is 2. The van der Waals surface area contributed by atoms with Crippen LogP contribution >= 0.6 is 11.6 Å². The van der Waals surface area contributed by atoms with Gasteiger partial charge in [0.05, 0.1) is 16.4 Å². The first-order valence-electron chi connectivity index (χ1n) is 13.1. The van der Waals surface area contributed by atoms with E-state index >= 15 is 4.39 Å². The molecule has 0 aliphatic heterocycles. The van der Waals surface area contributed by atoms with Crippen LogP contribution in [-0.4, -0.2) is 33.2 Å². The summed E-state index contributed by atoms with van der Waals surface area (Å²) >= 11 is 6.22. The highest BCUT2D eigenvalue weighted by Gasteiger charge is 2.16. The Morgan fingerprint density at radius 1 is 1.08 bits per heavy atom. The molecule has 0 saturated carbocycles. The van der Waals surface area contributed by atoms with Crippen molar-refractivity contribution < 1.29 is 4.39 Å². The topological polar surface area (TPSA) is 115 Å². The predicted molar refractivity (Wildman–Crippen MR) is 153 cm³/mol. The molecule has 0 spiro atoms. The van der Waals surface area contributed by atoms with E-state index < -0.39 is 11.5 Å². The van der Waals surface area contributed by atoms with Crippen molar-refractivity contribution in [2.75, 3.05) is 6.54 Å². The molecule has 0 unspecified atom stereocenters. The molecule has 0 radical (unpaired) electrons. The van der Waals surface area contributed by atoms with Crippen LogP contribution in [-0.2, 0) is 6.42 Å². The molecule has 9 heteroatoms. The average Bonchev–Trinajstić information content (AvgIpc) is 3.27. The lowest BCUT2D eigenvalue weighted by Gasteiger charge is -2.16. The lowest BCUT2D eigenvalue weighted by molar-refractivity contribution is 0.529.